The van der Waals surface area contributed by atoms with E-state index in [-0.39, 0.29) is 18.3 Å². The SMILES string of the molecule is COCc1cccc(NC(=O)c2ccn(C3CCCNC3)n2)c1.Cl. The van der Waals surface area contributed by atoms with Crippen LogP contribution in [0.5, 0.6) is 0 Å². The van der Waals surface area contributed by atoms with E-state index in [4.69, 9.17) is 4.74 Å². The Morgan fingerprint density at radius 2 is 2.33 bits per heavy atom. The number of rotatable bonds is 5. The molecule has 1 fully saturated rings. The van der Waals surface area contributed by atoms with E-state index in [0.29, 0.717) is 18.3 Å². The van der Waals surface area contributed by atoms with Gasteiger partial charge in [-0.25, -0.2) is 0 Å². The Balaban J connectivity index is 0.00000208. The molecule has 1 aromatic heterocycles. The van der Waals surface area contributed by atoms with Crippen LogP contribution in [0.1, 0.15) is 34.9 Å². The summed E-state index contributed by atoms with van der Waals surface area (Å²) in [5.41, 5.74) is 2.20. The van der Waals surface area contributed by atoms with E-state index >= 15 is 0 Å². The molecule has 1 aliphatic rings. The number of hydrogen-bond donors (Lipinski definition) is 2. The van der Waals surface area contributed by atoms with Gasteiger partial charge in [-0.2, -0.15) is 5.10 Å². The summed E-state index contributed by atoms with van der Waals surface area (Å²) in [4.78, 5) is 12.3. The topological polar surface area (TPSA) is 68.2 Å². The molecule has 2 heterocycles. The van der Waals surface area contributed by atoms with E-state index in [2.05, 4.69) is 15.7 Å². The minimum absolute atomic E-state index is 0. The number of amides is 1. The lowest BCUT2D eigenvalue weighted by molar-refractivity contribution is 0.102. The van der Waals surface area contributed by atoms with E-state index < -0.39 is 0 Å². The predicted octanol–water partition coefficient (Wildman–Crippen LogP) is 2.63. The molecule has 0 saturated carbocycles. The summed E-state index contributed by atoms with van der Waals surface area (Å²) in [6, 6.07) is 9.72. The molecule has 0 radical (unpaired) electrons. The van der Waals surface area contributed by atoms with Crippen LogP contribution in [-0.2, 0) is 11.3 Å². The van der Waals surface area contributed by atoms with Crippen LogP contribution in [0, 0.1) is 0 Å². The van der Waals surface area contributed by atoms with Gasteiger partial charge in [-0.3, -0.25) is 9.48 Å². The van der Waals surface area contributed by atoms with Gasteiger partial charge >= 0.3 is 0 Å². The first-order valence-electron chi connectivity index (χ1n) is 7.91. The van der Waals surface area contributed by atoms with Crippen LogP contribution < -0.4 is 10.6 Å². The highest BCUT2D eigenvalue weighted by molar-refractivity contribution is 6.02. The number of aromatic nitrogens is 2. The highest BCUT2D eigenvalue weighted by atomic mass is 35.5. The third-order valence-corrected chi connectivity index (χ3v) is 3.98. The summed E-state index contributed by atoms with van der Waals surface area (Å²) >= 11 is 0. The molecule has 1 amide bonds. The van der Waals surface area contributed by atoms with Gasteiger partial charge < -0.3 is 15.4 Å². The lowest BCUT2D eigenvalue weighted by Gasteiger charge is -2.22. The third-order valence-electron chi connectivity index (χ3n) is 3.98. The normalized spacial score (nSPS) is 17.1. The van der Waals surface area contributed by atoms with Crippen molar-refractivity contribution in [3.8, 4) is 0 Å². The molecule has 0 aliphatic carbocycles. The minimum atomic E-state index is -0.193. The molecule has 1 unspecified atom stereocenters. The molecular formula is C17H23ClN4O2. The molecule has 3 rings (SSSR count). The van der Waals surface area contributed by atoms with E-state index in [1.165, 1.54) is 0 Å². The quantitative estimate of drug-likeness (QED) is 0.869. The fourth-order valence-corrected chi connectivity index (χ4v) is 2.82. The van der Waals surface area contributed by atoms with Crippen molar-refractivity contribution in [1.82, 2.24) is 15.1 Å². The Kier molecular flexibility index (Phi) is 6.78. The molecule has 0 bridgehead atoms. The van der Waals surface area contributed by atoms with Gasteiger partial charge in [-0.1, -0.05) is 12.1 Å². The fourth-order valence-electron chi connectivity index (χ4n) is 2.82. The van der Waals surface area contributed by atoms with E-state index in [1.54, 1.807) is 13.2 Å². The Morgan fingerprint density at radius 3 is 3.08 bits per heavy atom. The van der Waals surface area contributed by atoms with Gasteiger partial charge in [0.15, 0.2) is 5.69 Å². The molecule has 1 aromatic carbocycles. The van der Waals surface area contributed by atoms with Crippen LogP contribution in [0.4, 0.5) is 5.69 Å². The zero-order valence-electron chi connectivity index (χ0n) is 13.7. The van der Waals surface area contributed by atoms with Gasteiger partial charge in [0.25, 0.3) is 5.91 Å². The van der Waals surface area contributed by atoms with Crippen molar-refractivity contribution in [3.63, 3.8) is 0 Å². The van der Waals surface area contributed by atoms with Crippen molar-refractivity contribution in [1.29, 1.82) is 0 Å². The number of benzene rings is 1. The van der Waals surface area contributed by atoms with E-state index in [1.807, 2.05) is 35.1 Å². The second-order valence-corrected chi connectivity index (χ2v) is 5.77. The van der Waals surface area contributed by atoms with Crippen LogP contribution in [-0.4, -0.2) is 35.9 Å². The van der Waals surface area contributed by atoms with Crippen LogP contribution >= 0.6 is 12.4 Å². The number of hydrogen-bond acceptors (Lipinski definition) is 4. The predicted molar refractivity (Wildman–Crippen MR) is 95.7 cm³/mol. The number of methoxy groups -OCH3 is 1. The summed E-state index contributed by atoms with van der Waals surface area (Å²) in [7, 11) is 1.65. The van der Waals surface area contributed by atoms with Crippen molar-refractivity contribution in [2.45, 2.75) is 25.5 Å². The molecule has 0 spiro atoms. The van der Waals surface area contributed by atoms with Crippen LogP contribution in [0.3, 0.4) is 0 Å². The molecule has 6 nitrogen and oxygen atoms in total. The first kappa shape index (κ1) is 18.4. The highest BCUT2D eigenvalue weighted by Crippen LogP contribution is 2.17. The van der Waals surface area contributed by atoms with Gasteiger partial charge in [-0.05, 0) is 43.1 Å². The number of piperidine rings is 1. The molecule has 1 aliphatic heterocycles. The van der Waals surface area contributed by atoms with Gasteiger partial charge in [0.1, 0.15) is 0 Å². The highest BCUT2D eigenvalue weighted by Gasteiger charge is 2.17. The standard InChI is InChI=1S/C17H22N4O2.ClH/c1-23-12-13-4-2-5-14(10-13)19-17(22)16-7-9-21(20-16)15-6-3-8-18-11-15;/h2,4-5,7,9-10,15,18H,3,6,8,11-12H2,1H3,(H,19,22);1H. The van der Waals surface area contributed by atoms with E-state index in [0.717, 1.165) is 37.2 Å². The largest absolute Gasteiger partial charge is 0.380 e. The van der Waals surface area contributed by atoms with Gasteiger partial charge in [0, 0.05) is 25.5 Å². The first-order chi connectivity index (χ1) is 11.3. The Labute approximate surface area is 148 Å². The molecule has 1 saturated heterocycles. The summed E-state index contributed by atoms with van der Waals surface area (Å²) in [5.74, 6) is -0.193. The fraction of sp³-hybridized carbons (Fsp3) is 0.412. The van der Waals surface area contributed by atoms with Crippen molar-refractivity contribution in [3.05, 3.63) is 47.8 Å². The summed E-state index contributed by atoms with van der Waals surface area (Å²) in [6.07, 6.45) is 4.11. The maximum absolute atomic E-state index is 12.3. The number of nitrogens with zero attached hydrogens (tertiary/aromatic N) is 2. The number of ether oxygens (including phenoxy) is 1. The molecule has 7 heteroatoms. The molecule has 2 aromatic rings. The zero-order valence-corrected chi connectivity index (χ0v) is 14.5. The number of carbonyl (C=O) groups is 1. The first-order valence-corrected chi connectivity index (χ1v) is 7.91. The van der Waals surface area contributed by atoms with Gasteiger partial charge in [0.05, 0.1) is 12.6 Å². The van der Waals surface area contributed by atoms with Gasteiger partial charge in [0.2, 0.25) is 0 Å². The molecule has 130 valence electrons. The minimum Gasteiger partial charge on any atom is -0.380 e. The molecule has 24 heavy (non-hydrogen) atoms. The molecular weight excluding hydrogens is 328 g/mol. The smallest absolute Gasteiger partial charge is 0.276 e. The number of nitrogens with one attached hydrogen (secondary N) is 2. The second-order valence-electron chi connectivity index (χ2n) is 5.77. The van der Waals surface area contributed by atoms with Crippen LogP contribution in [0.25, 0.3) is 0 Å². The molecule has 2 N–H and O–H groups in total. The third kappa shape index (κ3) is 4.56. The maximum Gasteiger partial charge on any atom is 0.276 e. The molecule has 1 atom stereocenters. The average Bonchev–Trinajstić information content (AvgIpc) is 3.06. The summed E-state index contributed by atoms with van der Waals surface area (Å²) < 4.78 is 7.00. The van der Waals surface area contributed by atoms with Crippen LogP contribution in [0.2, 0.25) is 0 Å². The lowest BCUT2D eigenvalue weighted by atomic mass is 10.1. The maximum atomic E-state index is 12.3. The number of anilines is 1. The summed E-state index contributed by atoms with van der Waals surface area (Å²) in [5, 5.41) is 10.7. The Bertz CT molecular complexity index is 668. The van der Waals surface area contributed by atoms with Crippen LogP contribution in [0.15, 0.2) is 36.5 Å². The lowest BCUT2D eigenvalue weighted by Crippen LogP contribution is -2.32. The van der Waals surface area contributed by atoms with Crippen molar-refractivity contribution in [2.75, 3.05) is 25.5 Å². The average molecular weight is 351 g/mol. The van der Waals surface area contributed by atoms with Crippen molar-refractivity contribution < 1.29 is 9.53 Å². The summed E-state index contributed by atoms with van der Waals surface area (Å²) in [6.45, 7) is 2.48. The monoisotopic (exact) mass is 350 g/mol. The Hall–Kier alpha value is -1.89. The zero-order chi connectivity index (χ0) is 16.1. The van der Waals surface area contributed by atoms with Gasteiger partial charge in [-0.15, -0.1) is 12.4 Å². The van der Waals surface area contributed by atoms with E-state index in [9.17, 15) is 4.79 Å². The second kappa shape index (κ2) is 8.82. The number of halogens is 1. The van der Waals surface area contributed by atoms with Crippen molar-refractivity contribution in [2.24, 2.45) is 0 Å². The Morgan fingerprint density at radius 1 is 1.46 bits per heavy atom. The van der Waals surface area contributed by atoms with Crippen molar-refractivity contribution >= 4 is 24.0 Å². The number of carbonyl (C=O) groups excluding carboxylic acids is 1.